The summed E-state index contributed by atoms with van der Waals surface area (Å²) in [5.74, 6) is -0.0572. The molecule has 0 fully saturated rings. The molecule has 0 aliphatic heterocycles. The van der Waals surface area contributed by atoms with Crippen molar-refractivity contribution in [2.75, 3.05) is 13.2 Å². The van der Waals surface area contributed by atoms with Gasteiger partial charge in [0.2, 0.25) is 5.91 Å². The Hall–Kier alpha value is -1.92. The number of aliphatic hydroxyl groups is 2. The van der Waals surface area contributed by atoms with Gasteiger partial charge >= 0.3 is 5.97 Å². The first kappa shape index (κ1) is 74.1. The van der Waals surface area contributed by atoms with Gasteiger partial charge in [-0.25, -0.2) is 0 Å². The summed E-state index contributed by atoms with van der Waals surface area (Å²) in [7, 11) is 0. The van der Waals surface area contributed by atoms with Gasteiger partial charge in [0.25, 0.3) is 0 Å². The molecule has 6 heteroatoms. The summed E-state index contributed by atoms with van der Waals surface area (Å²) in [5.41, 5.74) is 0. The molecule has 6 nitrogen and oxygen atoms in total. The number of aliphatic hydroxyl groups excluding tert-OH is 2. The molecule has 3 N–H and O–H groups in total. The Bertz CT molecular complexity index is 1230. The van der Waals surface area contributed by atoms with Crippen molar-refractivity contribution in [2.24, 2.45) is 0 Å². The first-order valence-electron chi connectivity index (χ1n) is 34.3. The highest BCUT2D eigenvalue weighted by atomic mass is 16.5. The van der Waals surface area contributed by atoms with Gasteiger partial charge in [-0.2, -0.15) is 0 Å². The van der Waals surface area contributed by atoms with Crippen LogP contribution in [0.1, 0.15) is 373 Å². The number of esters is 1. The number of rotatable bonds is 64. The number of carbonyl (C=O) groups excluding carboxylic acids is 2. The van der Waals surface area contributed by atoms with Crippen molar-refractivity contribution < 1.29 is 24.5 Å². The molecule has 0 aliphatic rings. The molecule has 2 unspecified atom stereocenters. The fourth-order valence-corrected chi connectivity index (χ4v) is 10.6. The van der Waals surface area contributed by atoms with E-state index in [-0.39, 0.29) is 18.5 Å². The molecule has 76 heavy (non-hydrogen) atoms. The lowest BCUT2D eigenvalue weighted by molar-refractivity contribution is -0.143. The Morgan fingerprint density at radius 1 is 0.355 bits per heavy atom. The van der Waals surface area contributed by atoms with Gasteiger partial charge in [0.15, 0.2) is 0 Å². The maximum Gasteiger partial charge on any atom is 0.305 e. The van der Waals surface area contributed by atoms with Gasteiger partial charge in [-0.15, -0.1) is 0 Å². The van der Waals surface area contributed by atoms with E-state index in [9.17, 15) is 19.8 Å². The van der Waals surface area contributed by atoms with Crippen LogP contribution in [0, 0.1) is 0 Å². The van der Waals surface area contributed by atoms with Crippen molar-refractivity contribution >= 4 is 11.9 Å². The van der Waals surface area contributed by atoms with Crippen LogP contribution < -0.4 is 5.32 Å². The summed E-state index contributed by atoms with van der Waals surface area (Å²) in [6, 6.07) is -0.627. The van der Waals surface area contributed by atoms with Gasteiger partial charge in [0, 0.05) is 12.8 Å². The van der Waals surface area contributed by atoms with Gasteiger partial charge in [-0.3, -0.25) is 9.59 Å². The van der Waals surface area contributed by atoms with Crippen molar-refractivity contribution in [3.8, 4) is 0 Å². The molecule has 448 valence electrons. The lowest BCUT2D eigenvalue weighted by Gasteiger charge is -2.20. The first-order valence-corrected chi connectivity index (χ1v) is 34.3. The number of unbranched alkanes of at least 4 members (excludes halogenated alkanes) is 49. The third-order valence-electron chi connectivity index (χ3n) is 15.9. The van der Waals surface area contributed by atoms with Gasteiger partial charge < -0.3 is 20.3 Å². The predicted octanol–water partition coefficient (Wildman–Crippen LogP) is 21.9. The molecule has 0 aliphatic carbocycles. The average Bonchev–Trinajstić information content (AvgIpc) is 3.42. The van der Waals surface area contributed by atoms with Crippen LogP contribution in [-0.4, -0.2) is 47.4 Å². The van der Waals surface area contributed by atoms with Crippen LogP contribution >= 0.6 is 0 Å². The highest BCUT2D eigenvalue weighted by Gasteiger charge is 2.18. The second kappa shape index (κ2) is 65.6. The second-order valence-electron chi connectivity index (χ2n) is 23.5. The van der Waals surface area contributed by atoms with E-state index < -0.39 is 12.1 Å². The molecule has 0 spiro atoms. The standard InChI is InChI=1S/C70H133NO5/c1-3-5-7-9-11-13-15-17-19-35-38-42-46-50-54-58-62-68(73)67(66-72)71-69(74)63-59-55-51-47-43-39-36-33-31-29-27-25-23-21-20-22-24-26-28-30-32-34-37-41-45-49-53-57-61-65-76-70(75)64-60-56-52-48-44-40-18-16-14-12-10-8-6-4-2/h16,18,20,22,58,62,67-68,72-73H,3-15,17,19,21,23-57,59-61,63-66H2,1-2H3,(H,71,74)/b18-16-,22-20-,62-58+. The molecule has 0 saturated heterocycles. The lowest BCUT2D eigenvalue weighted by Crippen LogP contribution is -2.45. The number of hydrogen-bond acceptors (Lipinski definition) is 5. The highest BCUT2D eigenvalue weighted by Crippen LogP contribution is 2.18. The summed E-state index contributed by atoms with van der Waals surface area (Å²) in [5, 5.41) is 23.2. The van der Waals surface area contributed by atoms with E-state index >= 15 is 0 Å². The number of hydrogen-bond donors (Lipinski definition) is 3. The Balaban J connectivity index is 3.39. The van der Waals surface area contributed by atoms with E-state index in [1.807, 2.05) is 6.08 Å². The quantitative estimate of drug-likeness (QED) is 0.0320. The number of amides is 1. The maximum absolute atomic E-state index is 12.5. The van der Waals surface area contributed by atoms with Crippen LogP contribution in [0.25, 0.3) is 0 Å². The molecular weight excluding hydrogens is 935 g/mol. The Morgan fingerprint density at radius 2 is 0.618 bits per heavy atom. The molecule has 0 heterocycles. The van der Waals surface area contributed by atoms with E-state index in [2.05, 4.69) is 43.5 Å². The van der Waals surface area contributed by atoms with Gasteiger partial charge in [0.05, 0.1) is 25.4 Å². The highest BCUT2D eigenvalue weighted by molar-refractivity contribution is 5.76. The van der Waals surface area contributed by atoms with Crippen LogP contribution in [0.5, 0.6) is 0 Å². The molecule has 0 bridgehead atoms. The van der Waals surface area contributed by atoms with E-state index in [0.717, 1.165) is 44.9 Å². The molecule has 2 atom stereocenters. The van der Waals surface area contributed by atoms with Crippen molar-refractivity contribution in [1.29, 1.82) is 0 Å². The van der Waals surface area contributed by atoms with Crippen LogP contribution in [0.4, 0.5) is 0 Å². The topological polar surface area (TPSA) is 95.9 Å². The van der Waals surface area contributed by atoms with Crippen LogP contribution in [0.2, 0.25) is 0 Å². The molecule has 0 aromatic carbocycles. The van der Waals surface area contributed by atoms with Crippen LogP contribution in [-0.2, 0) is 14.3 Å². The minimum absolute atomic E-state index is 0.00783. The minimum atomic E-state index is -0.844. The van der Waals surface area contributed by atoms with Crippen LogP contribution in [0.3, 0.4) is 0 Å². The van der Waals surface area contributed by atoms with Gasteiger partial charge in [-0.1, -0.05) is 314 Å². The monoisotopic (exact) mass is 1070 g/mol. The SMILES string of the molecule is CCCCCCC/C=C\CCCCCCCC(=O)OCCCCCCCCCCCCCC/C=C\CCCCCCCCCCCCCCCC(=O)NC(CO)C(O)/C=C/CCCCCCCCCCCCCCCC. The Labute approximate surface area is 474 Å². The number of carbonyl (C=O) groups is 2. The second-order valence-corrected chi connectivity index (χ2v) is 23.5. The third-order valence-corrected chi connectivity index (χ3v) is 15.9. The van der Waals surface area contributed by atoms with E-state index in [1.54, 1.807) is 6.08 Å². The molecule has 0 rings (SSSR count). The molecular formula is C70H133NO5. The fourth-order valence-electron chi connectivity index (χ4n) is 10.6. The predicted molar refractivity (Wildman–Crippen MR) is 333 cm³/mol. The van der Waals surface area contributed by atoms with E-state index in [4.69, 9.17) is 4.74 Å². The fraction of sp³-hybridized carbons (Fsp3) is 0.886. The number of allylic oxidation sites excluding steroid dienone is 5. The molecule has 0 radical (unpaired) electrons. The summed E-state index contributed by atoms with van der Waals surface area (Å²) in [6.07, 6.45) is 83.6. The summed E-state index contributed by atoms with van der Waals surface area (Å²) < 4.78 is 5.48. The summed E-state index contributed by atoms with van der Waals surface area (Å²) in [4.78, 5) is 24.5. The number of nitrogens with one attached hydrogen (secondary N) is 1. The normalized spacial score (nSPS) is 12.7. The van der Waals surface area contributed by atoms with Gasteiger partial charge in [0.1, 0.15) is 0 Å². The molecule has 0 aromatic rings. The molecule has 0 saturated carbocycles. The van der Waals surface area contributed by atoms with Crippen molar-refractivity contribution in [3.05, 3.63) is 36.5 Å². The van der Waals surface area contributed by atoms with E-state index in [0.29, 0.717) is 19.4 Å². The first-order chi connectivity index (χ1) is 37.5. The molecule has 0 aromatic heterocycles. The number of ether oxygens (including phenoxy) is 1. The van der Waals surface area contributed by atoms with E-state index in [1.165, 1.54) is 302 Å². The van der Waals surface area contributed by atoms with Crippen molar-refractivity contribution in [1.82, 2.24) is 5.32 Å². The van der Waals surface area contributed by atoms with Crippen molar-refractivity contribution in [3.63, 3.8) is 0 Å². The Morgan fingerprint density at radius 3 is 0.934 bits per heavy atom. The minimum Gasteiger partial charge on any atom is -0.466 e. The van der Waals surface area contributed by atoms with Crippen molar-refractivity contribution in [2.45, 2.75) is 386 Å². The largest absolute Gasteiger partial charge is 0.466 e. The third kappa shape index (κ3) is 61.3. The summed E-state index contributed by atoms with van der Waals surface area (Å²) in [6.45, 7) is 4.92. The summed E-state index contributed by atoms with van der Waals surface area (Å²) >= 11 is 0. The van der Waals surface area contributed by atoms with Gasteiger partial charge in [-0.05, 0) is 83.5 Å². The lowest BCUT2D eigenvalue weighted by atomic mass is 10.0. The zero-order chi connectivity index (χ0) is 55.0. The zero-order valence-electron chi connectivity index (χ0n) is 51.3. The van der Waals surface area contributed by atoms with Crippen LogP contribution in [0.15, 0.2) is 36.5 Å². The average molecular weight is 1070 g/mol. The molecule has 1 amide bonds. The zero-order valence-corrected chi connectivity index (χ0v) is 51.3. The smallest absolute Gasteiger partial charge is 0.305 e. The maximum atomic E-state index is 12.5. The Kier molecular flexibility index (Phi) is 63.9.